The smallest absolute Gasteiger partial charge is 0.247 e. The van der Waals surface area contributed by atoms with Crippen molar-refractivity contribution in [2.45, 2.75) is 11.4 Å². The van der Waals surface area contributed by atoms with Crippen LogP contribution in [0.1, 0.15) is 11.8 Å². The van der Waals surface area contributed by atoms with Crippen molar-refractivity contribution in [1.82, 2.24) is 15.2 Å². The van der Waals surface area contributed by atoms with Crippen LogP contribution in [0.4, 0.5) is 5.69 Å². The van der Waals surface area contributed by atoms with Crippen LogP contribution in [0.5, 0.6) is 17.4 Å². The second-order valence-corrected chi connectivity index (χ2v) is 7.69. The molecule has 0 amide bonds. The SMILES string of the molecule is C=CCSc1nnc2c(n1)OC(c1cc(Cl)cc(OC)c1OC)Nc1ccccc1-2. The van der Waals surface area contributed by atoms with Gasteiger partial charge in [0.1, 0.15) is 0 Å². The average Bonchev–Trinajstić information content (AvgIpc) is 2.93. The molecule has 2 aromatic carbocycles. The lowest BCUT2D eigenvalue weighted by atomic mass is 10.1. The van der Waals surface area contributed by atoms with Gasteiger partial charge >= 0.3 is 0 Å². The number of benzene rings is 2. The van der Waals surface area contributed by atoms with E-state index < -0.39 is 6.23 Å². The molecule has 4 rings (SSSR count). The molecule has 7 nitrogen and oxygen atoms in total. The number of thioether (sulfide) groups is 1. The molecule has 0 saturated heterocycles. The molecule has 0 radical (unpaired) electrons. The summed E-state index contributed by atoms with van der Waals surface area (Å²) in [7, 11) is 3.13. The Labute approximate surface area is 183 Å². The predicted molar refractivity (Wildman–Crippen MR) is 118 cm³/mol. The van der Waals surface area contributed by atoms with E-state index in [-0.39, 0.29) is 0 Å². The van der Waals surface area contributed by atoms with Crippen molar-refractivity contribution in [2.75, 3.05) is 25.3 Å². The Bertz CT molecular complexity index is 1100. The second kappa shape index (κ2) is 8.81. The molecule has 0 fully saturated rings. The molecular formula is C21H19ClN4O3S. The van der Waals surface area contributed by atoms with E-state index in [0.29, 0.717) is 44.6 Å². The molecule has 0 spiro atoms. The van der Waals surface area contributed by atoms with Crippen LogP contribution >= 0.6 is 23.4 Å². The number of aromatic nitrogens is 3. The first-order chi connectivity index (χ1) is 14.6. The minimum Gasteiger partial charge on any atom is -0.493 e. The number of ether oxygens (including phenoxy) is 3. The van der Waals surface area contributed by atoms with Crippen LogP contribution in [-0.2, 0) is 0 Å². The zero-order chi connectivity index (χ0) is 21.1. The van der Waals surface area contributed by atoms with Crippen LogP contribution < -0.4 is 19.5 Å². The third-order valence-electron chi connectivity index (χ3n) is 4.42. The molecule has 1 N–H and O–H groups in total. The minimum atomic E-state index is -0.649. The maximum absolute atomic E-state index is 6.33. The molecule has 1 aliphatic heterocycles. The largest absolute Gasteiger partial charge is 0.493 e. The van der Waals surface area contributed by atoms with Gasteiger partial charge in [-0.15, -0.1) is 16.8 Å². The second-order valence-electron chi connectivity index (χ2n) is 6.27. The van der Waals surface area contributed by atoms with Crippen LogP contribution in [0.3, 0.4) is 0 Å². The third-order valence-corrected chi connectivity index (χ3v) is 5.47. The fourth-order valence-electron chi connectivity index (χ4n) is 3.14. The van der Waals surface area contributed by atoms with Gasteiger partial charge in [-0.05, 0) is 12.1 Å². The van der Waals surface area contributed by atoms with Crippen LogP contribution in [0.2, 0.25) is 5.02 Å². The van der Waals surface area contributed by atoms with E-state index in [9.17, 15) is 0 Å². The van der Waals surface area contributed by atoms with Crippen molar-refractivity contribution in [3.63, 3.8) is 0 Å². The summed E-state index contributed by atoms with van der Waals surface area (Å²) < 4.78 is 17.3. The lowest BCUT2D eigenvalue weighted by Crippen LogP contribution is -2.18. The van der Waals surface area contributed by atoms with E-state index in [1.54, 1.807) is 32.4 Å². The first-order valence-electron chi connectivity index (χ1n) is 9.07. The van der Waals surface area contributed by atoms with Crippen LogP contribution in [0.15, 0.2) is 54.2 Å². The summed E-state index contributed by atoms with van der Waals surface area (Å²) in [6.07, 6.45) is 1.13. The summed E-state index contributed by atoms with van der Waals surface area (Å²) in [5, 5.41) is 13.0. The lowest BCUT2D eigenvalue weighted by molar-refractivity contribution is 0.218. The van der Waals surface area contributed by atoms with Gasteiger partial charge in [-0.25, -0.2) is 0 Å². The summed E-state index contributed by atoms with van der Waals surface area (Å²) in [5.41, 5.74) is 2.88. The van der Waals surface area contributed by atoms with Gasteiger partial charge in [-0.2, -0.15) is 4.98 Å². The topological polar surface area (TPSA) is 78.4 Å². The van der Waals surface area contributed by atoms with Gasteiger partial charge in [-0.3, -0.25) is 0 Å². The van der Waals surface area contributed by atoms with E-state index in [4.69, 9.17) is 25.8 Å². The van der Waals surface area contributed by atoms with Gasteiger partial charge in [0.2, 0.25) is 17.3 Å². The molecule has 30 heavy (non-hydrogen) atoms. The summed E-state index contributed by atoms with van der Waals surface area (Å²) in [6, 6.07) is 11.2. The normalized spacial score (nSPS) is 14.4. The minimum absolute atomic E-state index is 0.361. The predicted octanol–water partition coefficient (Wildman–Crippen LogP) is 4.99. The summed E-state index contributed by atoms with van der Waals surface area (Å²) >= 11 is 7.76. The molecule has 0 saturated carbocycles. The summed E-state index contributed by atoms with van der Waals surface area (Å²) in [4.78, 5) is 4.58. The standard InChI is InChI=1S/C21H19ClN4O3S/c1-4-9-30-21-24-20-17(25-26-21)13-7-5-6-8-15(13)23-19(29-20)14-10-12(22)11-16(27-2)18(14)28-3/h4-8,10-11,19,23H,1,9H2,2-3H3. The maximum atomic E-state index is 6.33. The highest BCUT2D eigenvalue weighted by Crippen LogP contribution is 2.44. The van der Waals surface area contributed by atoms with Gasteiger partial charge in [0.25, 0.3) is 0 Å². The Morgan fingerprint density at radius 3 is 2.83 bits per heavy atom. The zero-order valence-electron chi connectivity index (χ0n) is 16.4. The van der Waals surface area contributed by atoms with E-state index in [1.165, 1.54) is 11.8 Å². The highest BCUT2D eigenvalue weighted by Gasteiger charge is 2.29. The van der Waals surface area contributed by atoms with Crippen LogP contribution in [0.25, 0.3) is 11.3 Å². The van der Waals surface area contributed by atoms with Crippen molar-refractivity contribution < 1.29 is 14.2 Å². The molecule has 1 aliphatic rings. The highest BCUT2D eigenvalue weighted by molar-refractivity contribution is 7.99. The molecule has 9 heteroatoms. The molecule has 154 valence electrons. The van der Waals surface area contributed by atoms with Crippen molar-refractivity contribution in [3.8, 4) is 28.6 Å². The van der Waals surface area contributed by atoms with Gasteiger partial charge in [0, 0.05) is 28.1 Å². The number of fused-ring (bicyclic) bond motifs is 3. The fraction of sp³-hybridized carbons (Fsp3) is 0.190. The number of rotatable bonds is 6. The van der Waals surface area contributed by atoms with E-state index in [2.05, 4.69) is 27.1 Å². The first kappa shape index (κ1) is 20.3. The van der Waals surface area contributed by atoms with E-state index >= 15 is 0 Å². The number of methoxy groups -OCH3 is 2. The average molecular weight is 443 g/mol. The first-order valence-corrected chi connectivity index (χ1v) is 10.4. The summed E-state index contributed by atoms with van der Waals surface area (Å²) in [5.74, 6) is 2.05. The molecule has 3 aromatic rings. The molecule has 1 atom stereocenters. The molecule has 0 aliphatic carbocycles. The molecular weight excluding hydrogens is 424 g/mol. The molecule has 1 aromatic heterocycles. The number of anilines is 1. The Hall–Kier alpha value is -2.97. The highest BCUT2D eigenvalue weighted by atomic mass is 35.5. The fourth-order valence-corrected chi connectivity index (χ4v) is 3.87. The lowest BCUT2D eigenvalue weighted by Gasteiger charge is -2.22. The molecule has 2 heterocycles. The zero-order valence-corrected chi connectivity index (χ0v) is 18.0. The Kier molecular flexibility index (Phi) is 5.96. The number of nitrogens with one attached hydrogen (secondary N) is 1. The Balaban J connectivity index is 1.86. The molecule has 0 bridgehead atoms. The van der Waals surface area contributed by atoms with Crippen LogP contribution in [-0.4, -0.2) is 35.2 Å². The maximum Gasteiger partial charge on any atom is 0.247 e. The third kappa shape index (κ3) is 3.88. The monoisotopic (exact) mass is 442 g/mol. The summed E-state index contributed by atoms with van der Waals surface area (Å²) in [6.45, 7) is 3.73. The van der Waals surface area contributed by atoms with Crippen molar-refractivity contribution in [1.29, 1.82) is 0 Å². The van der Waals surface area contributed by atoms with Gasteiger partial charge in [0.15, 0.2) is 17.2 Å². The quantitative estimate of drug-likeness (QED) is 0.422. The van der Waals surface area contributed by atoms with Gasteiger partial charge in [0.05, 0.1) is 19.8 Å². The Morgan fingerprint density at radius 2 is 2.07 bits per heavy atom. The van der Waals surface area contributed by atoms with Crippen molar-refractivity contribution >= 4 is 29.1 Å². The van der Waals surface area contributed by atoms with Crippen LogP contribution in [0, 0.1) is 0 Å². The van der Waals surface area contributed by atoms with Crippen molar-refractivity contribution in [3.05, 3.63) is 59.6 Å². The van der Waals surface area contributed by atoms with E-state index in [1.807, 2.05) is 24.3 Å². The number of halogens is 1. The Morgan fingerprint density at radius 1 is 1.23 bits per heavy atom. The number of para-hydroxylation sites is 1. The van der Waals surface area contributed by atoms with Gasteiger partial charge < -0.3 is 19.5 Å². The number of hydrogen-bond acceptors (Lipinski definition) is 8. The van der Waals surface area contributed by atoms with E-state index in [0.717, 1.165) is 11.3 Å². The van der Waals surface area contributed by atoms with Gasteiger partial charge in [-0.1, -0.05) is 47.6 Å². The number of hydrogen-bond donors (Lipinski definition) is 1. The molecule has 1 unspecified atom stereocenters. The van der Waals surface area contributed by atoms with Crippen molar-refractivity contribution in [2.24, 2.45) is 0 Å². The number of nitrogens with zero attached hydrogens (tertiary/aromatic N) is 3.